The molecule has 4 N–H and O–H groups in total. The number of hydrogen-bond donors (Lipinski definition) is 3. The Morgan fingerprint density at radius 1 is 1.15 bits per heavy atom. The Hall–Kier alpha value is -1.67. The molecule has 0 saturated heterocycles. The molecule has 8 nitrogen and oxygen atoms in total. The van der Waals surface area contributed by atoms with Crippen molar-refractivity contribution in [3.8, 4) is 0 Å². The molecular weight excluding hydrogens is 258 g/mol. The van der Waals surface area contributed by atoms with Crippen molar-refractivity contribution in [2.24, 2.45) is 5.84 Å². The van der Waals surface area contributed by atoms with E-state index >= 15 is 0 Å². The number of nitrogens with two attached hydrogens (primary N) is 1. The van der Waals surface area contributed by atoms with Gasteiger partial charge in [-0.3, -0.25) is 5.43 Å². The van der Waals surface area contributed by atoms with Gasteiger partial charge in [0.15, 0.2) is 0 Å². The van der Waals surface area contributed by atoms with Gasteiger partial charge in [-0.15, -0.1) is 0 Å². The Kier molecular flexibility index (Phi) is 5.90. The van der Waals surface area contributed by atoms with Crippen LogP contribution in [0.15, 0.2) is 0 Å². The van der Waals surface area contributed by atoms with Crippen molar-refractivity contribution in [3.05, 3.63) is 0 Å². The van der Waals surface area contributed by atoms with Crippen LogP contribution in [0.1, 0.15) is 27.7 Å². The van der Waals surface area contributed by atoms with E-state index in [0.29, 0.717) is 24.4 Å². The van der Waals surface area contributed by atoms with Crippen LogP contribution in [-0.2, 0) is 4.74 Å². The van der Waals surface area contributed by atoms with Crippen LogP contribution in [0, 0.1) is 0 Å². The number of methoxy groups -OCH3 is 1. The first-order valence-corrected chi connectivity index (χ1v) is 6.72. The molecule has 0 bridgehead atoms. The second-order valence-electron chi connectivity index (χ2n) is 4.92. The second kappa shape index (κ2) is 7.20. The van der Waals surface area contributed by atoms with E-state index < -0.39 is 0 Å². The van der Waals surface area contributed by atoms with Crippen LogP contribution in [0.5, 0.6) is 0 Å². The molecule has 20 heavy (non-hydrogen) atoms. The summed E-state index contributed by atoms with van der Waals surface area (Å²) in [6.07, 6.45) is 0. The summed E-state index contributed by atoms with van der Waals surface area (Å²) in [7, 11) is 1.67. The molecule has 0 aliphatic rings. The summed E-state index contributed by atoms with van der Waals surface area (Å²) in [4.78, 5) is 14.9. The molecule has 1 aromatic heterocycles. The predicted octanol–water partition coefficient (Wildman–Crippen LogP) is 0.840. The number of anilines is 3. The third-order valence-corrected chi connectivity index (χ3v) is 3.02. The average molecular weight is 283 g/mol. The molecule has 8 heteroatoms. The van der Waals surface area contributed by atoms with E-state index in [2.05, 4.69) is 25.7 Å². The van der Waals surface area contributed by atoms with Gasteiger partial charge in [-0.25, -0.2) is 5.84 Å². The molecule has 1 aromatic rings. The van der Waals surface area contributed by atoms with Gasteiger partial charge in [0, 0.05) is 26.7 Å². The van der Waals surface area contributed by atoms with E-state index in [1.807, 2.05) is 32.6 Å². The van der Waals surface area contributed by atoms with E-state index in [9.17, 15) is 0 Å². The molecule has 0 saturated carbocycles. The van der Waals surface area contributed by atoms with Crippen molar-refractivity contribution in [3.63, 3.8) is 0 Å². The number of nitrogens with zero attached hydrogens (tertiary/aromatic N) is 4. The number of nitrogen functional groups attached to an aromatic ring is 1. The average Bonchev–Trinajstić information content (AvgIpc) is 2.46. The minimum atomic E-state index is -0.307. The summed E-state index contributed by atoms with van der Waals surface area (Å²) in [5.74, 6) is 6.80. The quantitative estimate of drug-likeness (QED) is 0.476. The predicted molar refractivity (Wildman–Crippen MR) is 80.8 cm³/mol. The van der Waals surface area contributed by atoms with Gasteiger partial charge in [0.1, 0.15) is 0 Å². The summed E-state index contributed by atoms with van der Waals surface area (Å²) in [5, 5.41) is 3.14. The van der Waals surface area contributed by atoms with Crippen LogP contribution >= 0.6 is 0 Å². The lowest BCUT2D eigenvalue weighted by Gasteiger charge is -2.24. The molecule has 0 aromatic carbocycles. The van der Waals surface area contributed by atoms with Gasteiger partial charge in [-0.2, -0.15) is 15.0 Å². The summed E-state index contributed by atoms with van der Waals surface area (Å²) in [5.41, 5.74) is 2.15. The van der Waals surface area contributed by atoms with Gasteiger partial charge in [0.25, 0.3) is 0 Å². The highest BCUT2D eigenvalue weighted by Gasteiger charge is 2.17. The zero-order chi connectivity index (χ0) is 15.2. The fourth-order valence-corrected chi connectivity index (χ4v) is 1.52. The summed E-state index contributed by atoms with van der Waals surface area (Å²) < 4.78 is 5.35. The van der Waals surface area contributed by atoms with Crippen LogP contribution < -0.4 is 21.5 Å². The molecule has 0 fully saturated rings. The maximum Gasteiger partial charge on any atom is 0.243 e. The first kappa shape index (κ1) is 16.4. The van der Waals surface area contributed by atoms with E-state index in [-0.39, 0.29) is 5.60 Å². The molecule has 0 radical (unpaired) electrons. The molecule has 1 heterocycles. The lowest BCUT2D eigenvalue weighted by atomic mass is 10.1. The molecule has 0 spiro atoms. The van der Waals surface area contributed by atoms with Crippen molar-refractivity contribution in [2.45, 2.75) is 33.3 Å². The highest BCUT2D eigenvalue weighted by atomic mass is 16.5. The van der Waals surface area contributed by atoms with Gasteiger partial charge in [-0.1, -0.05) is 0 Å². The molecule has 0 atom stereocenters. The van der Waals surface area contributed by atoms with Crippen LogP contribution in [0.4, 0.5) is 17.8 Å². The topological polar surface area (TPSA) is 101 Å². The molecule has 0 amide bonds. The van der Waals surface area contributed by atoms with Gasteiger partial charge in [0.2, 0.25) is 17.8 Å². The van der Waals surface area contributed by atoms with Crippen molar-refractivity contribution in [1.82, 2.24) is 15.0 Å². The van der Waals surface area contributed by atoms with E-state index in [0.717, 1.165) is 13.1 Å². The Morgan fingerprint density at radius 2 is 1.75 bits per heavy atom. The molecule has 0 aliphatic carbocycles. The fourth-order valence-electron chi connectivity index (χ4n) is 1.52. The smallest absolute Gasteiger partial charge is 0.243 e. The Bertz CT molecular complexity index is 420. The lowest BCUT2D eigenvalue weighted by molar-refractivity contribution is 0.0342. The third kappa shape index (κ3) is 4.46. The molecule has 0 aliphatic heterocycles. The molecule has 0 unspecified atom stereocenters. The first-order valence-electron chi connectivity index (χ1n) is 6.72. The standard InChI is InChI=1S/C12H25N7O/c1-6-19(7-2)11-16-9(15-10(17-11)18-13)14-8-12(3,4)20-5/h6-8,13H2,1-5H3,(H2,14,15,16,17,18). The summed E-state index contributed by atoms with van der Waals surface area (Å²) in [6, 6.07) is 0. The van der Waals surface area contributed by atoms with Crippen LogP contribution in [0.3, 0.4) is 0 Å². The van der Waals surface area contributed by atoms with Crippen molar-refractivity contribution >= 4 is 17.8 Å². The Morgan fingerprint density at radius 3 is 2.25 bits per heavy atom. The number of hydrogen-bond acceptors (Lipinski definition) is 8. The van der Waals surface area contributed by atoms with Crippen molar-refractivity contribution in [2.75, 3.05) is 42.4 Å². The van der Waals surface area contributed by atoms with Crippen molar-refractivity contribution in [1.29, 1.82) is 0 Å². The normalized spacial score (nSPS) is 11.3. The van der Waals surface area contributed by atoms with Crippen molar-refractivity contribution < 1.29 is 4.74 Å². The number of ether oxygens (including phenoxy) is 1. The minimum Gasteiger partial charge on any atom is -0.377 e. The van der Waals surface area contributed by atoms with E-state index in [4.69, 9.17) is 10.6 Å². The van der Waals surface area contributed by atoms with E-state index in [1.165, 1.54) is 0 Å². The van der Waals surface area contributed by atoms with Gasteiger partial charge in [0.05, 0.1) is 5.60 Å². The molecule has 114 valence electrons. The van der Waals surface area contributed by atoms with Gasteiger partial charge < -0.3 is 15.0 Å². The van der Waals surface area contributed by atoms with Crippen LogP contribution in [-0.4, -0.2) is 47.3 Å². The molecular formula is C12H25N7O. The first-order chi connectivity index (χ1) is 9.45. The summed E-state index contributed by atoms with van der Waals surface area (Å²) in [6.45, 7) is 10.3. The zero-order valence-corrected chi connectivity index (χ0v) is 12.9. The molecule has 1 rings (SSSR count). The SMILES string of the molecule is CCN(CC)c1nc(NN)nc(NCC(C)(C)OC)n1. The zero-order valence-electron chi connectivity index (χ0n) is 12.9. The number of aromatic nitrogens is 3. The largest absolute Gasteiger partial charge is 0.377 e. The number of hydrazine groups is 1. The monoisotopic (exact) mass is 283 g/mol. The highest BCUT2D eigenvalue weighted by molar-refractivity contribution is 5.43. The van der Waals surface area contributed by atoms with Crippen LogP contribution in [0.2, 0.25) is 0 Å². The third-order valence-electron chi connectivity index (χ3n) is 3.02. The summed E-state index contributed by atoms with van der Waals surface area (Å²) >= 11 is 0. The fraction of sp³-hybridized carbons (Fsp3) is 0.750. The Labute approximate surface area is 120 Å². The van der Waals surface area contributed by atoms with Gasteiger partial charge >= 0.3 is 0 Å². The number of nitrogens with one attached hydrogen (secondary N) is 2. The highest BCUT2D eigenvalue weighted by Crippen LogP contribution is 2.14. The van der Waals surface area contributed by atoms with Crippen LogP contribution in [0.25, 0.3) is 0 Å². The van der Waals surface area contributed by atoms with Gasteiger partial charge in [-0.05, 0) is 27.7 Å². The Balaban J connectivity index is 2.93. The minimum absolute atomic E-state index is 0.307. The second-order valence-corrected chi connectivity index (χ2v) is 4.92. The number of rotatable bonds is 8. The maximum absolute atomic E-state index is 5.41. The maximum atomic E-state index is 5.41. The van der Waals surface area contributed by atoms with E-state index in [1.54, 1.807) is 7.11 Å². The lowest BCUT2D eigenvalue weighted by Crippen LogP contribution is -2.33.